The van der Waals surface area contributed by atoms with Crippen LogP contribution in [-0.2, 0) is 0 Å². The van der Waals surface area contributed by atoms with Gasteiger partial charge in [0.1, 0.15) is 0 Å². The summed E-state index contributed by atoms with van der Waals surface area (Å²) in [5.74, 6) is 0. The molecule has 0 radical (unpaired) electrons. The summed E-state index contributed by atoms with van der Waals surface area (Å²) in [6, 6.07) is 10.5. The Morgan fingerprint density at radius 2 is 1.93 bits per heavy atom. The van der Waals surface area contributed by atoms with E-state index in [4.69, 9.17) is 0 Å². The molecule has 0 saturated carbocycles. The summed E-state index contributed by atoms with van der Waals surface area (Å²) in [5.41, 5.74) is 5.14. The highest BCUT2D eigenvalue weighted by molar-refractivity contribution is 5.78. The van der Waals surface area contributed by atoms with Crippen LogP contribution < -0.4 is 0 Å². The Hall–Kier alpha value is -1.56. The fourth-order valence-electron chi connectivity index (χ4n) is 1.65. The number of hydrogen-bond donors (Lipinski definition) is 0. The minimum Gasteiger partial charge on any atom is -0.0958 e. The van der Waals surface area contributed by atoms with Crippen molar-refractivity contribution in [3.05, 3.63) is 65.8 Å². The molecular weight excluding hydrogens is 168 g/mol. The van der Waals surface area contributed by atoms with Crippen LogP contribution in [-0.4, -0.2) is 0 Å². The molecule has 1 aliphatic rings. The predicted molar refractivity (Wildman–Crippen MR) is 61.9 cm³/mol. The first-order valence-electron chi connectivity index (χ1n) is 4.89. The van der Waals surface area contributed by atoms with E-state index >= 15 is 0 Å². The monoisotopic (exact) mass is 182 g/mol. The summed E-state index contributed by atoms with van der Waals surface area (Å²) in [6.45, 7) is 6.03. The molecule has 0 saturated heterocycles. The molecule has 0 nitrogen and oxygen atoms in total. The number of benzene rings is 1. The molecule has 1 aliphatic carbocycles. The molecule has 0 aromatic heterocycles. The molecule has 70 valence electrons. The molecule has 0 bridgehead atoms. The maximum atomic E-state index is 3.96. The van der Waals surface area contributed by atoms with Gasteiger partial charge in [-0.25, -0.2) is 0 Å². The van der Waals surface area contributed by atoms with Gasteiger partial charge >= 0.3 is 0 Å². The average Bonchev–Trinajstić information content (AvgIpc) is 2.68. The van der Waals surface area contributed by atoms with Gasteiger partial charge in [-0.05, 0) is 30.1 Å². The zero-order chi connectivity index (χ0) is 9.97. The molecule has 1 aromatic rings. The van der Waals surface area contributed by atoms with E-state index in [0.717, 1.165) is 6.42 Å². The second-order valence-electron chi connectivity index (χ2n) is 3.68. The lowest BCUT2D eigenvalue weighted by Gasteiger charge is -1.98. The van der Waals surface area contributed by atoms with Crippen molar-refractivity contribution in [1.29, 1.82) is 0 Å². The number of rotatable bonds is 2. The molecule has 0 fully saturated rings. The maximum Gasteiger partial charge on any atom is -0.00856 e. The molecule has 0 amide bonds. The van der Waals surface area contributed by atoms with Gasteiger partial charge in [0.05, 0.1) is 0 Å². The Kier molecular flexibility index (Phi) is 2.36. The lowest BCUT2D eigenvalue weighted by molar-refractivity contribution is 1.25. The molecule has 0 N–H and O–H groups in total. The SMILES string of the molecule is C=C(C)C1=CC(c2ccccc2)=CC1. The first-order chi connectivity index (χ1) is 6.77. The quantitative estimate of drug-likeness (QED) is 0.649. The van der Waals surface area contributed by atoms with Crippen molar-refractivity contribution in [2.75, 3.05) is 0 Å². The minimum absolute atomic E-state index is 1.03. The summed E-state index contributed by atoms with van der Waals surface area (Å²) < 4.78 is 0. The first-order valence-corrected chi connectivity index (χ1v) is 4.89. The number of hydrogen-bond acceptors (Lipinski definition) is 0. The average molecular weight is 182 g/mol. The number of allylic oxidation sites excluding steroid dienone is 5. The van der Waals surface area contributed by atoms with Crippen LogP contribution in [0, 0.1) is 0 Å². The highest BCUT2D eigenvalue weighted by atomic mass is 14.1. The molecule has 0 heterocycles. The molecule has 0 spiro atoms. The highest BCUT2D eigenvalue weighted by Gasteiger charge is 2.07. The smallest absolute Gasteiger partial charge is 0.00856 e. The van der Waals surface area contributed by atoms with Crippen molar-refractivity contribution in [3.8, 4) is 0 Å². The van der Waals surface area contributed by atoms with Gasteiger partial charge in [-0.15, -0.1) is 0 Å². The van der Waals surface area contributed by atoms with E-state index in [2.05, 4.69) is 49.9 Å². The van der Waals surface area contributed by atoms with Crippen molar-refractivity contribution in [2.45, 2.75) is 13.3 Å². The third kappa shape index (κ3) is 1.69. The van der Waals surface area contributed by atoms with Crippen LogP contribution in [0.1, 0.15) is 18.9 Å². The van der Waals surface area contributed by atoms with Gasteiger partial charge in [0, 0.05) is 0 Å². The highest BCUT2D eigenvalue weighted by Crippen LogP contribution is 2.28. The molecular formula is C14H14. The fourth-order valence-corrected chi connectivity index (χ4v) is 1.65. The molecule has 0 atom stereocenters. The summed E-state index contributed by atoms with van der Waals surface area (Å²) in [4.78, 5) is 0. The van der Waals surface area contributed by atoms with Gasteiger partial charge in [-0.3, -0.25) is 0 Å². The van der Waals surface area contributed by atoms with E-state index in [9.17, 15) is 0 Å². The molecule has 0 aliphatic heterocycles. The summed E-state index contributed by atoms with van der Waals surface area (Å²) in [5, 5.41) is 0. The van der Waals surface area contributed by atoms with E-state index < -0.39 is 0 Å². The van der Waals surface area contributed by atoms with Gasteiger partial charge in [-0.2, -0.15) is 0 Å². The van der Waals surface area contributed by atoms with Gasteiger partial charge < -0.3 is 0 Å². The van der Waals surface area contributed by atoms with Crippen LogP contribution in [0.15, 0.2) is 60.2 Å². The van der Waals surface area contributed by atoms with Crippen LogP contribution in [0.25, 0.3) is 5.57 Å². The third-order valence-corrected chi connectivity index (χ3v) is 2.53. The van der Waals surface area contributed by atoms with Crippen molar-refractivity contribution < 1.29 is 0 Å². The van der Waals surface area contributed by atoms with Crippen molar-refractivity contribution in [3.63, 3.8) is 0 Å². The van der Waals surface area contributed by atoms with Crippen molar-refractivity contribution in [1.82, 2.24) is 0 Å². The second kappa shape index (κ2) is 3.67. The van der Waals surface area contributed by atoms with E-state index in [1.54, 1.807) is 0 Å². The fraction of sp³-hybridized carbons (Fsp3) is 0.143. The van der Waals surface area contributed by atoms with Crippen LogP contribution in [0.2, 0.25) is 0 Å². The van der Waals surface area contributed by atoms with Crippen LogP contribution in [0.3, 0.4) is 0 Å². The third-order valence-electron chi connectivity index (χ3n) is 2.53. The minimum atomic E-state index is 1.03. The molecule has 1 aromatic carbocycles. The van der Waals surface area contributed by atoms with Crippen LogP contribution in [0.5, 0.6) is 0 Å². The Morgan fingerprint density at radius 3 is 2.50 bits per heavy atom. The normalized spacial score (nSPS) is 14.9. The van der Waals surface area contributed by atoms with Gasteiger partial charge in [0.15, 0.2) is 0 Å². The first kappa shape index (κ1) is 9.01. The van der Waals surface area contributed by atoms with Crippen LogP contribution in [0.4, 0.5) is 0 Å². The zero-order valence-corrected chi connectivity index (χ0v) is 8.46. The van der Waals surface area contributed by atoms with E-state index in [-0.39, 0.29) is 0 Å². The Labute approximate surface area is 85.3 Å². The van der Waals surface area contributed by atoms with Crippen LogP contribution >= 0.6 is 0 Å². The lowest BCUT2D eigenvalue weighted by atomic mass is 10.1. The van der Waals surface area contributed by atoms with Gasteiger partial charge in [0.25, 0.3) is 0 Å². The predicted octanol–water partition coefficient (Wildman–Crippen LogP) is 3.98. The topological polar surface area (TPSA) is 0 Å². The standard InChI is InChI=1S/C14H14/c1-11(2)13-8-9-14(10-13)12-6-4-3-5-7-12/h3-7,9-10H,1,8H2,2H3. The Balaban J connectivity index is 2.28. The lowest BCUT2D eigenvalue weighted by Crippen LogP contribution is -1.77. The Morgan fingerprint density at radius 1 is 1.21 bits per heavy atom. The van der Waals surface area contributed by atoms with Crippen molar-refractivity contribution in [2.24, 2.45) is 0 Å². The van der Waals surface area contributed by atoms with Gasteiger partial charge in [0.2, 0.25) is 0 Å². The summed E-state index contributed by atoms with van der Waals surface area (Å²) >= 11 is 0. The molecule has 0 unspecified atom stereocenters. The molecule has 2 rings (SSSR count). The van der Waals surface area contributed by atoms with Gasteiger partial charge in [-0.1, -0.05) is 54.6 Å². The Bertz CT molecular complexity index is 405. The largest absolute Gasteiger partial charge is 0.0958 e. The van der Waals surface area contributed by atoms with E-state index in [1.807, 2.05) is 6.07 Å². The summed E-state index contributed by atoms with van der Waals surface area (Å²) in [7, 11) is 0. The van der Waals surface area contributed by atoms with Crippen molar-refractivity contribution >= 4 is 5.57 Å². The van der Waals surface area contributed by atoms with E-state index in [0.29, 0.717) is 0 Å². The zero-order valence-electron chi connectivity index (χ0n) is 8.46. The summed E-state index contributed by atoms with van der Waals surface area (Å²) in [6.07, 6.45) is 5.52. The molecule has 0 heteroatoms. The molecule has 14 heavy (non-hydrogen) atoms. The maximum absolute atomic E-state index is 3.96. The van der Waals surface area contributed by atoms with E-state index in [1.165, 1.54) is 22.3 Å². The second-order valence-corrected chi connectivity index (χ2v) is 3.68.